The van der Waals surface area contributed by atoms with Gasteiger partial charge in [0.15, 0.2) is 11.5 Å². The predicted molar refractivity (Wildman–Crippen MR) is 97.3 cm³/mol. The number of benzene rings is 1. The third kappa shape index (κ3) is 3.09. The Labute approximate surface area is 151 Å². The van der Waals surface area contributed by atoms with Gasteiger partial charge in [-0.25, -0.2) is 9.37 Å². The Hall–Kier alpha value is -2.70. The zero-order chi connectivity index (χ0) is 18.3. The summed E-state index contributed by atoms with van der Waals surface area (Å²) in [6, 6.07) is 6.21. The Morgan fingerprint density at radius 1 is 1.00 bits per heavy atom. The van der Waals surface area contributed by atoms with E-state index in [9.17, 15) is 4.39 Å². The Morgan fingerprint density at radius 3 is 2.38 bits per heavy atom. The van der Waals surface area contributed by atoms with Gasteiger partial charge in [0.2, 0.25) is 0 Å². The molecule has 0 aliphatic carbocycles. The molecule has 7 heteroatoms. The molecule has 26 heavy (non-hydrogen) atoms. The maximum Gasteiger partial charge on any atom is 0.179 e. The van der Waals surface area contributed by atoms with Crippen molar-refractivity contribution in [2.75, 3.05) is 18.0 Å². The fourth-order valence-electron chi connectivity index (χ4n) is 3.40. The van der Waals surface area contributed by atoms with Gasteiger partial charge in [-0.2, -0.15) is 0 Å². The number of aryl methyl sites for hydroxylation is 2. The SMILES string of the molecule is Cc1nc2c(C)c(C)c(N3CCC(Oc4ccc(F)cc4)CC3)nn2n1. The summed E-state index contributed by atoms with van der Waals surface area (Å²) in [5.41, 5.74) is 3.07. The van der Waals surface area contributed by atoms with Crippen molar-refractivity contribution in [1.82, 2.24) is 19.8 Å². The number of hydrogen-bond acceptors (Lipinski definition) is 5. The quantitative estimate of drug-likeness (QED) is 0.722. The second-order valence-electron chi connectivity index (χ2n) is 6.80. The number of rotatable bonds is 3. The van der Waals surface area contributed by atoms with Gasteiger partial charge < -0.3 is 9.64 Å². The van der Waals surface area contributed by atoms with Crippen LogP contribution >= 0.6 is 0 Å². The lowest BCUT2D eigenvalue weighted by molar-refractivity contribution is 0.170. The summed E-state index contributed by atoms with van der Waals surface area (Å²) in [7, 11) is 0. The minimum Gasteiger partial charge on any atom is -0.490 e. The van der Waals surface area contributed by atoms with Gasteiger partial charge in [0.05, 0.1) is 0 Å². The van der Waals surface area contributed by atoms with E-state index in [2.05, 4.69) is 33.9 Å². The number of nitrogens with zero attached hydrogens (tertiary/aromatic N) is 5. The summed E-state index contributed by atoms with van der Waals surface area (Å²) in [5, 5.41) is 9.05. The monoisotopic (exact) mass is 355 g/mol. The topological polar surface area (TPSA) is 55.5 Å². The fourth-order valence-corrected chi connectivity index (χ4v) is 3.40. The fraction of sp³-hybridized carbons (Fsp3) is 0.421. The van der Waals surface area contributed by atoms with E-state index in [4.69, 9.17) is 4.74 Å². The van der Waals surface area contributed by atoms with Crippen LogP contribution in [0.2, 0.25) is 0 Å². The molecule has 0 N–H and O–H groups in total. The Kier molecular flexibility index (Phi) is 4.22. The summed E-state index contributed by atoms with van der Waals surface area (Å²) in [6.07, 6.45) is 1.92. The van der Waals surface area contributed by atoms with Crippen LogP contribution in [0, 0.1) is 26.6 Å². The van der Waals surface area contributed by atoms with Crippen molar-refractivity contribution in [1.29, 1.82) is 0 Å². The molecule has 4 rings (SSSR count). The summed E-state index contributed by atoms with van der Waals surface area (Å²) in [5.74, 6) is 2.15. The van der Waals surface area contributed by atoms with Crippen molar-refractivity contribution in [3.63, 3.8) is 0 Å². The molecule has 3 heterocycles. The van der Waals surface area contributed by atoms with Crippen LogP contribution in [-0.2, 0) is 0 Å². The van der Waals surface area contributed by atoms with E-state index in [0.717, 1.165) is 60.1 Å². The van der Waals surface area contributed by atoms with Crippen LogP contribution < -0.4 is 9.64 Å². The first-order valence-electron chi connectivity index (χ1n) is 8.89. The molecule has 1 saturated heterocycles. The zero-order valence-electron chi connectivity index (χ0n) is 15.2. The molecule has 2 aromatic heterocycles. The first kappa shape index (κ1) is 16.8. The minimum atomic E-state index is -0.247. The van der Waals surface area contributed by atoms with Gasteiger partial charge >= 0.3 is 0 Å². The minimum absolute atomic E-state index is 0.135. The number of halogens is 1. The molecule has 1 aromatic carbocycles. The van der Waals surface area contributed by atoms with Gasteiger partial charge in [-0.1, -0.05) is 0 Å². The highest BCUT2D eigenvalue weighted by Gasteiger charge is 2.24. The third-order valence-electron chi connectivity index (χ3n) is 4.98. The lowest BCUT2D eigenvalue weighted by Crippen LogP contribution is -2.39. The summed E-state index contributed by atoms with van der Waals surface area (Å²) >= 11 is 0. The molecule has 0 spiro atoms. The molecule has 1 aliphatic heterocycles. The number of piperidine rings is 1. The van der Waals surface area contributed by atoms with Crippen molar-refractivity contribution in [2.45, 2.75) is 39.7 Å². The van der Waals surface area contributed by atoms with Gasteiger partial charge in [0, 0.05) is 37.1 Å². The van der Waals surface area contributed by atoms with Crippen LogP contribution in [0.15, 0.2) is 24.3 Å². The van der Waals surface area contributed by atoms with Gasteiger partial charge in [0.1, 0.15) is 23.5 Å². The molecule has 136 valence electrons. The standard InChI is InChI=1S/C19H22FN5O/c1-12-13(2)19(23-25-18(12)21-14(3)22-25)24-10-8-17(9-11-24)26-16-6-4-15(20)5-7-16/h4-7,17H,8-11H2,1-3H3. The highest BCUT2D eigenvalue weighted by molar-refractivity contribution is 5.59. The van der Waals surface area contributed by atoms with Gasteiger partial charge in [-0.05, 0) is 45.0 Å². The predicted octanol–water partition coefficient (Wildman–Crippen LogP) is 3.24. The number of anilines is 1. The largest absolute Gasteiger partial charge is 0.490 e. The normalized spacial score (nSPS) is 15.6. The second-order valence-corrected chi connectivity index (χ2v) is 6.80. The van der Waals surface area contributed by atoms with E-state index < -0.39 is 0 Å². The average molecular weight is 355 g/mol. The van der Waals surface area contributed by atoms with Crippen LogP contribution in [0.3, 0.4) is 0 Å². The van der Waals surface area contributed by atoms with Crippen molar-refractivity contribution >= 4 is 11.5 Å². The lowest BCUT2D eigenvalue weighted by Gasteiger charge is -2.33. The highest BCUT2D eigenvalue weighted by atomic mass is 19.1. The van der Waals surface area contributed by atoms with E-state index >= 15 is 0 Å². The molecule has 0 atom stereocenters. The molecular formula is C19H22FN5O. The molecule has 0 radical (unpaired) electrons. The molecule has 0 unspecified atom stereocenters. The molecule has 0 amide bonds. The Morgan fingerprint density at radius 2 is 1.69 bits per heavy atom. The van der Waals surface area contributed by atoms with Crippen molar-refractivity contribution in [2.24, 2.45) is 0 Å². The maximum atomic E-state index is 13.0. The van der Waals surface area contributed by atoms with Crippen molar-refractivity contribution < 1.29 is 9.13 Å². The zero-order valence-corrected chi connectivity index (χ0v) is 15.2. The second kappa shape index (κ2) is 6.55. The van der Waals surface area contributed by atoms with E-state index in [1.54, 1.807) is 16.8 Å². The molecular weight excluding hydrogens is 333 g/mol. The molecule has 0 bridgehead atoms. The lowest BCUT2D eigenvalue weighted by atomic mass is 10.1. The molecule has 6 nitrogen and oxygen atoms in total. The number of aromatic nitrogens is 4. The number of ether oxygens (including phenoxy) is 1. The highest BCUT2D eigenvalue weighted by Crippen LogP contribution is 2.27. The Bertz CT molecular complexity index is 929. The number of fused-ring (bicyclic) bond motifs is 1. The molecule has 0 saturated carbocycles. The van der Waals surface area contributed by atoms with E-state index in [0.29, 0.717) is 0 Å². The smallest absolute Gasteiger partial charge is 0.179 e. The summed E-state index contributed by atoms with van der Waals surface area (Å²) in [6.45, 7) is 7.75. The van der Waals surface area contributed by atoms with Crippen LogP contribution in [-0.4, -0.2) is 39.0 Å². The first-order valence-corrected chi connectivity index (χ1v) is 8.89. The average Bonchev–Trinajstić information content (AvgIpc) is 3.02. The number of hydrogen-bond donors (Lipinski definition) is 0. The van der Waals surface area contributed by atoms with Crippen LogP contribution in [0.1, 0.15) is 29.8 Å². The first-order chi connectivity index (χ1) is 12.5. The molecule has 1 aliphatic rings. The van der Waals surface area contributed by atoms with E-state index in [1.165, 1.54) is 12.1 Å². The van der Waals surface area contributed by atoms with E-state index in [-0.39, 0.29) is 11.9 Å². The maximum absolute atomic E-state index is 13.0. The van der Waals surface area contributed by atoms with Gasteiger partial charge in [-0.15, -0.1) is 14.8 Å². The molecule has 3 aromatic rings. The van der Waals surface area contributed by atoms with Crippen LogP contribution in [0.25, 0.3) is 5.65 Å². The van der Waals surface area contributed by atoms with Crippen molar-refractivity contribution in [3.8, 4) is 5.75 Å². The van der Waals surface area contributed by atoms with Gasteiger partial charge in [0.25, 0.3) is 0 Å². The Balaban J connectivity index is 1.48. The van der Waals surface area contributed by atoms with Crippen LogP contribution in [0.4, 0.5) is 10.2 Å². The van der Waals surface area contributed by atoms with Gasteiger partial charge in [-0.3, -0.25) is 0 Å². The van der Waals surface area contributed by atoms with E-state index in [1.807, 2.05) is 6.92 Å². The van der Waals surface area contributed by atoms with Crippen molar-refractivity contribution in [3.05, 3.63) is 47.0 Å². The third-order valence-corrected chi connectivity index (χ3v) is 4.98. The summed E-state index contributed by atoms with van der Waals surface area (Å²) in [4.78, 5) is 6.73. The summed E-state index contributed by atoms with van der Waals surface area (Å²) < 4.78 is 20.6. The molecule has 1 fully saturated rings. The van der Waals surface area contributed by atoms with Crippen LogP contribution in [0.5, 0.6) is 5.75 Å².